The van der Waals surface area contributed by atoms with E-state index in [0.29, 0.717) is 32.2 Å². The number of hydrogen-bond donors (Lipinski definition) is 2. The topological polar surface area (TPSA) is 129 Å². The molecule has 0 aromatic rings. The van der Waals surface area contributed by atoms with Crippen LogP contribution in [0.2, 0.25) is 18.1 Å². The molecular formula is C45H88N2O10Si. The maximum Gasteiger partial charge on any atom is 0.311 e. The van der Waals surface area contributed by atoms with Gasteiger partial charge in [-0.25, -0.2) is 0 Å². The quantitative estimate of drug-likeness (QED) is 0.180. The van der Waals surface area contributed by atoms with Gasteiger partial charge in [0.2, 0.25) is 0 Å². The molecule has 0 radical (unpaired) electrons. The molecule has 342 valence electrons. The van der Waals surface area contributed by atoms with Crippen LogP contribution in [0.3, 0.4) is 0 Å². The van der Waals surface area contributed by atoms with Crippen LogP contribution in [0.15, 0.2) is 0 Å². The Morgan fingerprint density at radius 2 is 1.52 bits per heavy atom. The zero-order valence-electron chi connectivity index (χ0n) is 40.4. The third-order valence-corrected chi connectivity index (χ3v) is 19.4. The van der Waals surface area contributed by atoms with Crippen molar-refractivity contribution in [2.45, 2.75) is 225 Å². The number of carbonyl (C=O) groups is 1. The minimum absolute atomic E-state index is 0.00635. The van der Waals surface area contributed by atoms with E-state index >= 15 is 0 Å². The van der Waals surface area contributed by atoms with Crippen LogP contribution < -0.4 is 0 Å². The van der Waals surface area contributed by atoms with Crippen LogP contribution in [-0.2, 0) is 37.6 Å². The van der Waals surface area contributed by atoms with Crippen molar-refractivity contribution in [1.29, 1.82) is 0 Å². The first-order chi connectivity index (χ1) is 26.4. The lowest BCUT2D eigenvalue weighted by Crippen LogP contribution is -2.63. The smallest absolute Gasteiger partial charge is 0.311 e. The lowest BCUT2D eigenvalue weighted by Gasteiger charge is -2.49. The van der Waals surface area contributed by atoms with Crippen molar-refractivity contribution >= 4 is 14.3 Å². The first kappa shape index (κ1) is 51.6. The van der Waals surface area contributed by atoms with Crippen LogP contribution in [0.5, 0.6) is 0 Å². The maximum atomic E-state index is 14.7. The predicted molar refractivity (Wildman–Crippen MR) is 232 cm³/mol. The fourth-order valence-electron chi connectivity index (χ4n) is 9.55. The predicted octanol–water partition coefficient (Wildman–Crippen LogP) is 7.23. The van der Waals surface area contributed by atoms with E-state index in [1.54, 1.807) is 14.0 Å². The van der Waals surface area contributed by atoms with E-state index in [-0.39, 0.29) is 41.2 Å². The number of rotatable bonds is 9. The number of carbonyl (C=O) groups excluding carboxylic acids is 1. The van der Waals surface area contributed by atoms with Crippen LogP contribution in [0.25, 0.3) is 0 Å². The highest BCUT2D eigenvalue weighted by molar-refractivity contribution is 6.74. The molecule has 12 nitrogen and oxygen atoms in total. The fourth-order valence-corrected chi connectivity index (χ4v) is 11.0. The number of esters is 1. The molecule has 58 heavy (non-hydrogen) atoms. The summed E-state index contributed by atoms with van der Waals surface area (Å²) in [5, 5.41) is 25.4. The Morgan fingerprint density at radius 3 is 2.05 bits per heavy atom. The molecule has 3 aliphatic rings. The Balaban J connectivity index is 2.22. The second-order valence-electron chi connectivity index (χ2n) is 21.3. The van der Waals surface area contributed by atoms with Crippen LogP contribution in [0.1, 0.15) is 129 Å². The molecule has 3 fully saturated rings. The number of cyclic esters (lactones) is 1. The minimum atomic E-state index is -2.44. The van der Waals surface area contributed by atoms with Crippen molar-refractivity contribution in [3.8, 4) is 0 Å². The zero-order valence-corrected chi connectivity index (χ0v) is 41.4. The van der Waals surface area contributed by atoms with Crippen LogP contribution >= 0.6 is 0 Å². The molecule has 2 N–H and O–H groups in total. The zero-order chi connectivity index (χ0) is 44.5. The second-order valence-corrected chi connectivity index (χ2v) is 26.0. The Kier molecular flexibility index (Phi) is 17.6. The van der Waals surface area contributed by atoms with Gasteiger partial charge in [-0.2, -0.15) is 0 Å². The van der Waals surface area contributed by atoms with Gasteiger partial charge >= 0.3 is 5.97 Å². The Hall–Kier alpha value is -0.713. The molecule has 3 heterocycles. The summed E-state index contributed by atoms with van der Waals surface area (Å²) >= 11 is 0. The van der Waals surface area contributed by atoms with Gasteiger partial charge in [-0.15, -0.1) is 0 Å². The molecule has 0 aromatic heterocycles. The van der Waals surface area contributed by atoms with Gasteiger partial charge in [-0.05, 0) is 113 Å². The maximum absolute atomic E-state index is 14.7. The highest BCUT2D eigenvalue weighted by Crippen LogP contribution is 2.43. The van der Waals surface area contributed by atoms with E-state index in [1.165, 1.54) is 0 Å². The summed E-state index contributed by atoms with van der Waals surface area (Å²) < 4.78 is 46.6. The van der Waals surface area contributed by atoms with E-state index < -0.39 is 79.9 Å². The largest absolute Gasteiger partial charge is 0.459 e. The molecule has 3 saturated heterocycles. The van der Waals surface area contributed by atoms with Crippen molar-refractivity contribution in [2.75, 3.05) is 34.8 Å². The summed E-state index contributed by atoms with van der Waals surface area (Å²) in [6.07, 6.45) is -2.04. The van der Waals surface area contributed by atoms with Gasteiger partial charge in [-0.3, -0.25) is 4.79 Å². The standard InChI is InChI=1S/C45H88N2O10Si/c1-21-35-45(14,50)40(57-58(19,20)42(9,10)11)32(7)47(17)26-27(2)24-43(12,49)39(56-36-23-34(46(15)16)22-28(3)52-36)29(4)38(30(5)41(48)54-35)55-37-25-44(13,51-18)31(6)33(8)53-37/h27-40,49-50H,21-26H2,1-20H3/t27-,28-,29+,30-,31+,32-,33+,34+,35-,36?,37?,38+,39-,40-,43-,44-,45-/m1/s1. The Morgan fingerprint density at radius 1 is 0.914 bits per heavy atom. The number of hydrogen-bond acceptors (Lipinski definition) is 12. The second kappa shape index (κ2) is 19.8. The minimum Gasteiger partial charge on any atom is -0.459 e. The van der Waals surface area contributed by atoms with Gasteiger partial charge in [0, 0.05) is 50.4 Å². The number of ether oxygens (including phenoxy) is 6. The molecule has 17 atom stereocenters. The number of nitrogens with zero attached hydrogens (tertiary/aromatic N) is 2. The summed E-state index contributed by atoms with van der Waals surface area (Å²) in [5.41, 5.74) is -3.46. The lowest BCUT2D eigenvalue weighted by atomic mass is 9.77. The Labute approximate surface area is 354 Å². The van der Waals surface area contributed by atoms with E-state index in [2.05, 4.69) is 92.4 Å². The van der Waals surface area contributed by atoms with Crippen molar-refractivity contribution in [3.05, 3.63) is 0 Å². The van der Waals surface area contributed by atoms with Gasteiger partial charge in [0.15, 0.2) is 20.9 Å². The molecule has 0 saturated carbocycles. The summed E-state index contributed by atoms with van der Waals surface area (Å²) in [7, 11) is 5.45. The molecule has 0 amide bonds. The van der Waals surface area contributed by atoms with Gasteiger partial charge in [-0.1, -0.05) is 48.5 Å². The van der Waals surface area contributed by atoms with Crippen LogP contribution in [-0.4, -0.2) is 147 Å². The van der Waals surface area contributed by atoms with Gasteiger partial charge < -0.3 is 52.9 Å². The van der Waals surface area contributed by atoms with Gasteiger partial charge in [0.05, 0.1) is 47.6 Å². The highest BCUT2D eigenvalue weighted by atomic mass is 28.4. The fraction of sp³-hybridized carbons (Fsp3) is 0.978. The van der Waals surface area contributed by atoms with E-state index in [1.807, 2.05) is 41.7 Å². The molecule has 2 unspecified atom stereocenters. The average Bonchev–Trinajstić information content (AvgIpc) is 3.10. The molecule has 0 bridgehead atoms. The molecule has 0 aliphatic carbocycles. The lowest BCUT2D eigenvalue weighted by molar-refractivity contribution is -0.300. The van der Waals surface area contributed by atoms with E-state index in [4.69, 9.17) is 32.8 Å². The molecule has 0 aromatic carbocycles. The number of aliphatic hydroxyl groups is 2. The first-order valence-corrected chi connectivity index (χ1v) is 25.2. The highest BCUT2D eigenvalue weighted by Gasteiger charge is 2.53. The monoisotopic (exact) mass is 845 g/mol. The third-order valence-electron chi connectivity index (χ3n) is 14.9. The third kappa shape index (κ3) is 12.0. The molecule has 0 spiro atoms. The molecule has 3 aliphatic heterocycles. The SMILES string of the molecule is CC[C@H]1OC(=O)[C@H](C)[C@@H](OC2C[C@@](C)(OC)[C@@H](C)[C@H](C)O2)[C@H](C)[C@@H](OC2C[C@@H](N(C)C)C[C@@H](C)O2)[C@](C)(O)C[C@@H](C)CN(C)[C@H](C)[C@@H](O[Si](C)(C)C(C)(C)C)[C@]1(C)O. The van der Waals surface area contributed by atoms with E-state index in [9.17, 15) is 15.0 Å². The van der Waals surface area contributed by atoms with Crippen molar-refractivity contribution < 1.29 is 47.9 Å². The Bertz CT molecular complexity index is 1310. The van der Waals surface area contributed by atoms with Crippen LogP contribution in [0, 0.1) is 23.7 Å². The summed E-state index contributed by atoms with van der Waals surface area (Å²) in [5.74, 6) is -1.83. The molecular weight excluding hydrogens is 757 g/mol. The summed E-state index contributed by atoms with van der Waals surface area (Å²) in [6, 6.07) is -0.0331. The number of likely N-dealkylation sites (N-methyl/N-ethyl adjacent to an activating group) is 1. The van der Waals surface area contributed by atoms with Crippen LogP contribution in [0.4, 0.5) is 0 Å². The van der Waals surface area contributed by atoms with Crippen molar-refractivity contribution in [3.63, 3.8) is 0 Å². The van der Waals surface area contributed by atoms with Crippen molar-refractivity contribution in [2.24, 2.45) is 23.7 Å². The molecule has 3 rings (SSSR count). The summed E-state index contributed by atoms with van der Waals surface area (Å²) in [4.78, 5) is 19.1. The van der Waals surface area contributed by atoms with Crippen molar-refractivity contribution in [1.82, 2.24) is 9.80 Å². The van der Waals surface area contributed by atoms with Gasteiger partial charge in [0.1, 0.15) is 11.7 Å². The van der Waals surface area contributed by atoms with Gasteiger partial charge in [0.25, 0.3) is 0 Å². The number of methoxy groups -OCH3 is 1. The summed E-state index contributed by atoms with van der Waals surface area (Å²) in [6.45, 7) is 33.3. The molecule has 13 heteroatoms. The van der Waals surface area contributed by atoms with E-state index in [0.717, 1.165) is 6.42 Å². The average molecular weight is 845 g/mol. The first-order valence-electron chi connectivity index (χ1n) is 22.3. The normalized spacial score (nSPS) is 45.1.